The Morgan fingerprint density at radius 1 is 1.02 bits per heavy atom. The van der Waals surface area contributed by atoms with Crippen molar-refractivity contribution in [1.29, 1.82) is 0 Å². The number of fused-ring (bicyclic) bond motifs is 2. The number of hydrogen-bond donors (Lipinski definition) is 4. The first-order valence-corrected chi connectivity index (χ1v) is 19.8. The molecule has 1 saturated heterocycles. The number of carbonyl (C=O) groups excluding carboxylic acids is 5. The van der Waals surface area contributed by atoms with Gasteiger partial charge in [-0.2, -0.15) is 0 Å². The van der Waals surface area contributed by atoms with Crippen molar-refractivity contribution in [3.05, 3.63) is 41.5 Å². The number of nitrogens with zero attached hydrogens (tertiary/aromatic N) is 1. The summed E-state index contributed by atoms with van der Waals surface area (Å²) in [6.07, 6.45) is 10.3. The van der Waals surface area contributed by atoms with Gasteiger partial charge in [0.25, 0.3) is 11.8 Å². The van der Waals surface area contributed by atoms with E-state index in [1.165, 1.54) is 30.2 Å². The second-order valence-corrected chi connectivity index (χ2v) is 16.6. The summed E-state index contributed by atoms with van der Waals surface area (Å²) >= 11 is 0. The van der Waals surface area contributed by atoms with Gasteiger partial charge in [0.2, 0.25) is 21.8 Å². The van der Waals surface area contributed by atoms with Crippen molar-refractivity contribution < 1.29 is 46.3 Å². The Morgan fingerprint density at radius 3 is 2.48 bits per heavy atom. The van der Waals surface area contributed by atoms with Crippen LogP contribution in [0.25, 0.3) is 0 Å². The molecular formula is C36H48FN5O9S. The molecule has 0 unspecified atom stereocenters. The number of allylic oxidation sites excluding steroid dienone is 1. The summed E-state index contributed by atoms with van der Waals surface area (Å²) < 4.78 is 52.1. The van der Waals surface area contributed by atoms with Crippen LogP contribution in [0.15, 0.2) is 30.4 Å². The maximum Gasteiger partial charge on any atom is 0.408 e. The van der Waals surface area contributed by atoms with Crippen LogP contribution in [0, 0.1) is 5.92 Å². The molecule has 16 heteroatoms. The molecule has 4 N–H and O–H groups in total. The van der Waals surface area contributed by atoms with E-state index in [1.807, 2.05) is 12.2 Å². The summed E-state index contributed by atoms with van der Waals surface area (Å²) in [5.41, 5.74) is -1.20. The molecule has 52 heavy (non-hydrogen) atoms. The van der Waals surface area contributed by atoms with Crippen LogP contribution < -0.4 is 25.4 Å². The molecule has 2 aliphatic heterocycles. The van der Waals surface area contributed by atoms with Crippen LogP contribution in [0.3, 0.4) is 0 Å². The lowest BCUT2D eigenvalue weighted by Gasteiger charge is -2.30. The third-order valence-electron chi connectivity index (χ3n) is 10.8. The lowest BCUT2D eigenvalue weighted by molar-refractivity contribution is -0.141. The van der Waals surface area contributed by atoms with Gasteiger partial charge in [0.1, 0.15) is 36.2 Å². The number of benzene rings is 1. The lowest BCUT2D eigenvalue weighted by Crippen LogP contribution is -2.58. The number of sulfonamides is 1. The molecule has 4 fully saturated rings. The molecule has 0 aromatic heterocycles. The Kier molecular flexibility index (Phi) is 11.4. The lowest BCUT2D eigenvalue weighted by atomic mass is 10.0. The first-order chi connectivity index (χ1) is 24.9. The van der Waals surface area contributed by atoms with E-state index in [0.29, 0.717) is 25.7 Å². The Labute approximate surface area is 303 Å². The van der Waals surface area contributed by atoms with Gasteiger partial charge in [-0.3, -0.25) is 23.9 Å². The second-order valence-electron chi connectivity index (χ2n) is 14.6. The Morgan fingerprint density at radius 2 is 1.77 bits per heavy atom. The minimum Gasteiger partial charge on any atom is -0.496 e. The Hall–Kier alpha value is -4.21. The molecule has 14 nitrogen and oxygen atoms in total. The number of methoxy groups -OCH3 is 1. The first kappa shape index (κ1) is 37.5. The van der Waals surface area contributed by atoms with Crippen molar-refractivity contribution in [3.63, 3.8) is 0 Å². The van der Waals surface area contributed by atoms with Gasteiger partial charge in [0.05, 0.1) is 12.4 Å². The summed E-state index contributed by atoms with van der Waals surface area (Å²) in [5.74, 6) is -2.79. The standard InChI is InChI=1S/C36H48FN5O9S/c1-50-30-16-13-22(17-23(30)20-37)31(43)38-25-18-29-32(44)40-36(34(46)41-52(48,49)27-14-15-27)19-24(36)9-5-3-2-4-6-12-28(33(45)42(29)21-25)39-35(47)51-26-10-7-8-11-26/h5,9,13,16-17,24-29H,2-4,6-8,10-12,14-15,18-21H2,1H3,(H,38,43)(H,39,47)(H,40,44)(H,41,46)/b9-5-/t24-,25-,28+,29+,36-/m1/s1. The van der Waals surface area contributed by atoms with Crippen LogP contribution in [0.2, 0.25) is 0 Å². The van der Waals surface area contributed by atoms with Crippen LogP contribution in [0.5, 0.6) is 5.75 Å². The summed E-state index contributed by atoms with van der Waals surface area (Å²) in [7, 11) is -2.52. The van der Waals surface area contributed by atoms with Gasteiger partial charge >= 0.3 is 6.09 Å². The molecule has 5 amide bonds. The smallest absolute Gasteiger partial charge is 0.408 e. The number of nitrogens with one attached hydrogen (secondary N) is 4. The average molecular weight is 746 g/mol. The fourth-order valence-electron chi connectivity index (χ4n) is 7.53. The minimum atomic E-state index is -3.91. The molecule has 2 heterocycles. The van der Waals surface area contributed by atoms with Crippen LogP contribution in [0.1, 0.15) is 99.4 Å². The number of alkyl carbamates (subject to hydrolysis) is 1. The van der Waals surface area contributed by atoms with E-state index in [4.69, 9.17) is 9.47 Å². The molecule has 5 aliphatic rings. The van der Waals surface area contributed by atoms with Crippen molar-refractivity contribution >= 4 is 39.7 Å². The molecule has 3 aliphatic carbocycles. The topological polar surface area (TPSA) is 189 Å². The molecular weight excluding hydrogens is 697 g/mol. The summed E-state index contributed by atoms with van der Waals surface area (Å²) in [6.45, 7) is -0.952. The molecule has 284 valence electrons. The van der Waals surface area contributed by atoms with Gasteiger partial charge in [-0.1, -0.05) is 25.0 Å². The molecule has 0 spiro atoms. The zero-order valence-corrected chi connectivity index (χ0v) is 30.2. The van der Waals surface area contributed by atoms with Crippen LogP contribution in [-0.4, -0.2) is 91.7 Å². The van der Waals surface area contributed by atoms with Gasteiger partial charge in [0.15, 0.2) is 0 Å². The number of rotatable bonds is 9. The summed E-state index contributed by atoms with van der Waals surface area (Å²) in [6, 6.07) is 1.40. The van der Waals surface area contributed by atoms with Crippen molar-refractivity contribution in [1.82, 2.24) is 25.6 Å². The predicted octanol–water partition coefficient (Wildman–Crippen LogP) is 2.91. The largest absolute Gasteiger partial charge is 0.496 e. The Balaban J connectivity index is 1.26. The van der Waals surface area contributed by atoms with Crippen LogP contribution >= 0.6 is 0 Å². The van der Waals surface area contributed by atoms with E-state index >= 15 is 0 Å². The summed E-state index contributed by atoms with van der Waals surface area (Å²) in [4.78, 5) is 69.9. The monoisotopic (exact) mass is 745 g/mol. The third kappa shape index (κ3) is 8.53. The molecule has 3 saturated carbocycles. The fraction of sp³-hybridized carbons (Fsp3) is 0.639. The fourth-order valence-corrected chi connectivity index (χ4v) is 8.90. The molecule has 5 atom stereocenters. The predicted molar refractivity (Wildman–Crippen MR) is 186 cm³/mol. The van der Waals surface area contributed by atoms with Gasteiger partial charge in [-0.15, -0.1) is 0 Å². The number of hydrogen-bond acceptors (Lipinski definition) is 9. The maximum absolute atomic E-state index is 14.3. The van der Waals surface area contributed by atoms with E-state index in [9.17, 15) is 36.8 Å². The quantitative estimate of drug-likeness (QED) is 0.276. The highest BCUT2D eigenvalue weighted by Crippen LogP contribution is 2.46. The molecule has 0 radical (unpaired) electrons. The molecule has 0 bridgehead atoms. The van der Waals surface area contributed by atoms with Crippen LogP contribution in [-0.2, 0) is 35.8 Å². The first-order valence-electron chi connectivity index (χ1n) is 18.3. The normalized spacial score (nSPS) is 29.0. The zero-order valence-electron chi connectivity index (χ0n) is 29.4. The number of ether oxygens (including phenoxy) is 2. The van der Waals surface area contributed by atoms with E-state index in [-0.39, 0.29) is 48.8 Å². The van der Waals surface area contributed by atoms with E-state index < -0.39 is 81.3 Å². The third-order valence-corrected chi connectivity index (χ3v) is 12.6. The molecule has 1 aromatic carbocycles. The van der Waals surface area contributed by atoms with E-state index in [2.05, 4.69) is 20.7 Å². The number of carbonyl (C=O) groups is 5. The maximum atomic E-state index is 14.3. The highest BCUT2D eigenvalue weighted by Gasteiger charge is 2.62. The van der Waals surface area contributed by atoms with Gasteiger partial charge in [-0.25, -0.2) is 17.6 Å². The van der Waals surface area contributed by atoms with Gasteiger partial charge in [0, 0.05) is 29.6 Å². The minimum absolute atomic E-state index is 0.0345. The van der Waals surface area contributed by atoms with E-state index in [0.717, 1.165) is 38.5 Å². The number of alkyl halides is 1. The van der Waals surface area contributed by atoms with Crippen molar-refractivity contribution in [2.24, 2.45) is 5.92 Å². The van der Waals surface area contributed by atoms with Crippen LogP contribution in [0.4, 0.5) is 9.18 Å². The van der Waals surface area contributed by atoms with Crippen molar-refractivity contribution in [3.8, 4) is 5.75 Å². The second kappa shape index (κ2) is 15.8. The van der Waals surface area contributed by atoms with Gasteiger partial charge in [-0.05, 0) is 88.8 Å². The highest BCUT2D eigenvalue weighted by atomic mass is 32.2. The zero-order chi connectivity index (χ0) is 37.0. The Bertz CT molecular complexity index is 1700. The van der Waals surface area contributed by atoms with Crippen molar-refractivity contribution in [2.45, 2.75) is 125 Å². The molecule has 6 rings (SSSR count). The highest BCUT2D eigenvalue weighted by molar-refractivity contribution is 7.91. The number of halogens is 1. The SMILES string of the molecule is COc1ccc(C(=O)N[C@@H]2C[C@H]3C(=O)N[C@]4(C(=O)NS(=O)(=O)C5CC5)C[C@H]4/C=C\CCCCC[C@H](NC(=O)OC4CCCC4)C(=O)N3C2)cc1CF. The van der Waals surface area contributed by atoms with E-state index in [1.54, 1.807) is 0 Å². The number of amides is 5. The van der Waals surface area contributed by atoms with Crippen molar-refractivity contribution in [2.75, 3.05) is 13.7 Å². The van der Waals surface area contributed by atoms with Gasteiger partial charge < -0.3 is 30.3 Å². The average Bonchev–Trinajstić information content (AvgIpc) is 3.99. The molecule has 1 aromatic rings. The summed E-state index contributed by atoms with van der Waals surface area (Å²) in [5, 5.41) is 7.75.